The van der Waals surface area contributed by atoms with E-state index in [2.05, 4.69) is 10.4 Å². The van der Waals surface area contributed by atoms with Gasteiger partial charge in [0.15, 0.2) is 0 Å². The minimum absolute atomic E-state index is 0.0139. The van der Waals surface area contributed by atoms with Crippen molar-refractivity contribution in [2.75, 3.05) is 26.3 Å². The number of ether oxygens (including phenoxy) is 1. The van der Waals surface area contributed by atoms with Crippen LogP contribution in [0.25, 0.3) is 0 Å². The van der Waals surface area contributed by atoms with Crippen LogP contribution in [0.4, 0.5) is 0 Å². The molecule has 1 saturated heterocycles. The molecular formula is C16H20N4O4. The fourth-order valence-electron chi connectivity index (χ4n) is 2.56. The summed E-state index contributed by atoms with van der Waals surface area (Å²) in [5.41, 5.74) is 1.12. The van der Waals surface area contributed by atoms with E-state index in [4.69, 9.17) is 9.15 Å². The molecule has 1 fully saturated rings. The second-order valence-corrected chi connectivity index (χ2v) is 5.59. The molecule has 24 heavy (non-hydrogen) atoms. The van der Waals surface area contributed by atoms with Gasteiger partial charge < -0.3 is 19.4 Å². The third kappa shape index (κ3) is 3.83. The number of carbonyl (C=O) groups excluding carboxylic acids is 2. The van der Waals surface area contributed by atoms with Crippen LogP contribution in [0, 0.1) is 6.92 Å². The Bertz CT molecular complexity index is 702. The summed E-state index contributed by atoms with van der Waals surface area (Å²) in [6, 6.07) is 5.25. The van der Waals surface area contributed by atoms with Crippen molar-refractivity contribution in [2.24, 2.45) is 0 Å². The second-order valence-electron chi connectivity index (χ2n) is 5.59. The number of nitrogens with zero attached hydrogens (tertiary/aromatic N) is 3. The molecule has 0 aliphatic carbocycles. The van der Waals surface area contributed by atoms with Gasteiger partial charge in [-0.3, -0.25) is 14.3 Å². The van der Waals surface area contributed by atoms with Crippen molar-refractivity contribution in [2.45, 2.75) is 20.0 Å². The lowest BCUT2D eigenvalue weighted by atomic mass is 10.3. The van der Waals surface area contributed by atoms with Crippen molar-refractivity contribution < 1.29 is 18.7 Å². The maximum atomic E-state index is 12.6. The van der Waals surface area contributed by atoms with Gasteiger partial charge in [0.1, 0.15) is 18.0 Å². The number of carbonyl (C=O) groups is 2. The monoisotopic (exact) mass is 332 g/mol. The number of aryl methyl sites for hydroxylation is 1. The number of rotatable bonds is 5. The summed E-state index contributed by atoms with van der Waals surface area (Å²) >= 11 is 0. The molecule has 0 unspecified atom stereocenters. The molecule has 0 spiro atoms. The molecular weight excluding hydrogens is 312 g/mol. The number of hydrogen-bond donors (Lipinski definition) is 1. The maximum absolute atomic E-state index is 12.6. The summed E-state index contributed by atoms with van der Waals surface area (Å²) in [6.07, 6.45) is 1.55. The molecule has 2 amide bonds. The Morgan fingerprint density at radius 1 is 1.33 bits per heavy atom. The third-order valence-corrected chi connectivity index (χ3v) is 3.75. The van der Waals surface area contributed by atoms with E-state index in [1.165, 1.54) is 4.68 Å². The molecule has 8 nitrogen and oxygen atoms in total. The fraction of sp³-hybridized carbons (Fsp3) is 0.438. The first kappa shape index (κ1) is 16.3. The van der Waals surface area contributed by atoms with E-state index in [-0.39, 0.29) is 18.4 Å². The Kier molecular flexibility index (Phi) is 4.95. The molecule has 0 saturated carbocycles. The Labute approximate surface area is 139 Å². The first-order valence-corrected chi connectivity index (χ1v) is 7.84. The molecule has 1 aliphatic heterocycles. The minimum Gasteiger partial charge on any atom is -0.467 e. The SMILES string of the molecule is Cc1cc(C(=O)N2CCOCC2)n(CC(=O)NCc2ccco2)n1. The third-order valence-electron chi connectivity index (χ3n) is 3.75. The van der Waals surface area contributed by atoms with Crippen molar-refractivity contribution in [1.82, 2.24) is 20.0 Å². The van der Waals surface area contributed by atoms with Crippen molar-refractivity contribution in [3.05, 3.63) is 41.6 Å². The average molecular weight is 332 g/mol. The van der Waals surface area contributed by atoms with Gasteiger partial charge in [-0.15, -0.1) is 0 Å². The van der Waals surface area contributed by atoms with Gasteiger partial charge in [0, 0.05) is 13.1 Å². The quantitative estimate of drug-likeness (QED) is 0.865. The van der Waals surface area contributed by atoms with Gasteiger partial charge in [0.05, 0.1) is 31.7 Å². The van der Waals surface area contributed by atoms with Crippen molar-refractivity contribution in [3.63, 3.8) is 0 Å². The summed E-state index contributed by atoms with van der Waals surface area (Å²) < 4.78 is 11.9. The van der Waals surface area contributed by atoms with Crippen LogP contribution < -0.4 is 5.32 Å². The molecule has 0 aromatic carbocycles. The molecule has 3 heterocycles. The molecule has 3 rings (SSSR count). The number of hydrogen-bond acceptors (Lipinski definition) is 5. The minimum atomic E-state index is -0.231. The van der Waals surface area contributed by atoms with Crippen LogP contribution in [0.15, 0.2) is 28.9 Å². The average Bonchev–Trinajstić information content (AvgIpc) is 3.23. The molecule has 0 radical (unpaired) electrons. The molecule has 0 atom stereocenters. The van der Waals surface area contributed by atoms with Crippen molar-refractivity contribution in [1.29, 1.82) is 0 Å². The van der Waals surface area contributed by atoms with E-state index in [0.29, 0.717) is 50.0 Å². The van der Waals surface area contributed by atoms with Gasteiger partial charge in [-0.05, 0) is 25.1 Å². The van der Waals surface area contributed by atoms with Crippen LogP contribution in [0.2, 0.25) is 0 Å². The summed E-state index contributed by atoms with van der Waals surface area (Å²) in [5, 5.41) is 7.02. The highest BCUT2D eigenvalue weighted by molar-refractivity contribution is 5.93. The van der Waals surface area contributed by atoms with E-state index in [1.807, 2.05) is 0 Å². The van der Waals surface area contributed by atoms with Crippen LogP contribution in [0.3, 0.4) is 0 Å². The second kappa shape index (κ2) is 7.31. The van der Waals surface area contributed by atoms with Crippen LogP contribution in [-0.4, -0.2) is 52.8 Å². The van der Waals surface area contributed by atoms with Crippen LogP contribution in [-0.2, 0) is 22.6 Å². The Balaban J connectivity index is 1.64. The molecule has 2 aromatic rings. The Morgan fingerprint density at radius 3 is 2.83 bits per heavy atom. The van der Waals surface area contributed by atoms with Gasteiger partial charge in [0.25, 0.3) is 5.91 Å². The molecule has 0 bridgehead atoms. The molecule has 2 aromatic heterocycles. The van der Waals surface area contributed by atoms with Gasteiger partial charge in [-0.1, -0.05) is 0 Å². The van der Waals surface area contributed by atoms with Crippen LogP contribution >= 0.6 is 0 Å². The standard InChI is InChI=1S/C16H20N4O4/c1-12-9-14(16(22)19-4-7-23-8-5-19)20(18-12)11-15(21)17-10-13-3-2-6-24-13/h2-3,6,9H,4-5,7-8,10-11H2,1H3,(H,17,21). The lowest BCUT2D eigenvalue weighted by Gasteiger charge is -2.26. The number of furan rings is 1. The topological polar surface area (TPSA) is 89.6 Å². The lowest BCUT2D eigenvalue weighted by molar-refractivity contribution is -0.122. The predicted molar refractivity (Wildman–Crippen MR) is 84.2 cm³/mol. The molecule has 8 heteroatoms. The fourth-order valence-corrected chi connectivity index (χ4v) is 2.56. The summed E-state index contributed by atoms with van der Waals surface area (Å²) in [7, 11) is 0. The van der Waals surface area contributed by atoms with E-state index in [1.54, 1.807) is 36.3 Å². The van der Waals surface area contributed by atoms with Crippen molar-refractivity contribution in [3.8, 4) is 0 Å². The van der Waals surface area contributed by atoms with E-state index in [9.17, 15) is 9.59 Å². The zero-order valence-electron chi connectivity index (χ0n) is 13.5. The van der Waals surface area contributed by atoms with E-state index in [0.717, 1.165) is 0 Å². The Hall–Kier alpha value is -2.61. The highest BCUT2D eigenvalue weighted by atomic mass is 16.5. The number of nitrogens with one attached hydrogen (secondary N) is 1. The molecule has 1 aliphatic rings. The highest BCUT2D eigenvalue weighted by Gasteiger charge is 2.23. The maximum Gasteiger partial charge on any atom is 0.272 e. The summed E-state index contributed by atoms with van der Waals surface area (Å²) in [5.74, 6) is 0.313. The molecule has 128 valence electrons. The van der Waals surface area contributed by atoms with Gasteiger partial charge in [-0.25, -0.2) is 0 Å². The van der Waals surface area contributed by atoms with Gasteiger partial charge in [0.2, 0.25) is 5.91 Å². The summed E-state index contributed by atoms with van der Waals surface area (Å²) in [4.78, 5) is 26.5. The number of morpholine rings is 1. The van der Waals surface area contributed by atoms with Gasteiger partial charge in [-0.2, -0.15) is 5.10 Å². The zero-order valence-corrected chi connectivity index (χ0v) is 13.5. The first-order valence-electron chi connectivity index (χ1n) is 7.84. The number of amides is 2. The van der Waals surface area contributed by atoms with Gasteiger partial charge >= 0.3 is 0 Å². The van der Waals surface area contributed by atoms with E-state index >= 15 is 0 Å². The zero-order chi connectivity index (χ0) is 16.9. The van der Waals surface area contributed by atoms with Crippen molar-refractivity contribution >= 4 is 11.8 Å². The molecule has 1 N–H and O–H groups in total. The lowest BCUT2D eigenvalue weighted by Crippen LogP contribution is -2.42. The summed E-state index contributed by atoms with van der Waals surface area (Å²) in [6.45, 7) is 4.25. The highest BCUT2D eigenvalue weighted by Crippen LogP contribution is 2.10. The van der Waals surface area contributed by atoms with E-state index < -0.39 is 0 Å². The smallest absolute Gasteiger partial charge is 0.272 e. The normalized spacial score (nSPS) is 14.6. The Morgan fingerprint density at radius 2 is 2.12 bits per heavy atom. The number of aromatic nitrogens is 2. The first-order chi connectivity index (χ1) is 11.6. The van der Waals surface area contributed by atoms with Crippen LogP contribution in [0.1, 0.15) is 21.9 Å². The van der Waals surface area contributed by atoms with Crippen LogP contribution in [0.5, 0.6) is 0 Å². The predicted octanol–water partition coefficient (Wildman–Crippen LogP) is 0.573. The largest absolute Gasteiger partial charge is 0.467 e.